The first-order chi connectivity index (χ1) is 36.3. The molecule has 8 aliphatic carbocycles. The van der Waals surface area contributed by atoms with Gasteiger partial charge in [0.05, 0.1) is 54.4 Å². The maximum atomic E-state index is 12.2. The number of hydrogen-bond donors (Lipinski definition) is 11. The molecule has 7 fully saturated rings. The van der Waals surface area contributed by atoms with E-state index in [4.69, 9.17) is 9.47 Å². The Morgan fingerprint density at radius 1 is 0.544 bits per heavy atom. The van der Waals surface area contributed by atoms with Crippen LogP contribution in [0.25, 0.3) is 0 Å². The molecule has 0 aromatic heterocycles. The highest BCUT2D eigenvalue weighted by Gasteiger charge is 2.72. The lowest BCUT2D eigenvalue weighted by Crippen LogP contribution is -2.65. The van der Waals surface area contributed by atoms with E-state index in [1.54, 1.807) is 27.7 Å². The van der Waals surface area contributed by atoms with Crippen LogP contribution in [-0.4, -0.2) is 141 Å². The molecular formula is C66H114O13. The molecule has 6 saturated carbocycles. The van der Waals surface area contributed by atoms with Crippen molar-refractivity contribution >= 4 is 0 Å². The van der Waals surface area contributed by atoms with Gasteiger partial charge in [-0.3, -0.25) is 0 Å². The Morgan fingerprint density at radius 3 is 1.38 bits per heavy atom. The summed E-state index contributed by atoms with van der Waals surface area (Å²) in [7, 11) is 0. The van der Waals surface area contributed by atoms with Gasteiger partial charge in [-0.05, 0) is 199 Å². The van der Waals surface area contributed by atoms with E-state index in [1.165, 1.54) is 24.0 Å². The smallest absolute Gasteiger partial charge is 0.187 e. The van der Waals surface area contributed by atoms with Crippen LogP contribution in [0.1, 0.15) is 214 Å². The minimum atomic E-state index is -1.48. The number of allylic oxidation sites excluding steroid dienone is 2. The molecule has 13 heteroatoms. The molecule has 0 aromatic rings. The van der Waals surface area contributed by atoms with Crippen LogP contribution in [0.4, 0.5) is 0 Å². The number of rotatable bonds is 13. The average Bonchev–Trinajstić information content (AvgIpc) is 3.86. The molecule has 0 amide bonds. The molecule has 0 spiro atoms. The number of ether oxygens (including phenoxy) is 2. The first kappa shape index (κ1) is 64.0. The lowest BCUT2D eigenvalue weighted by atomic mass is 9.38. The summed E-state index contributed by atoms with van der Waals surface area (Å²) in [5.74, 6) is 3.03. The maximum Gasteiger partial charge on any atom is 0.187 e. The van der Waals surface area contributed by atoms with E-state index in [0.29, 0.717) is 60.7 Å². The Kier molecular flexibility index (Phi) is 17.6. The summed E-state index contributed by atoms with van der Waals surface area (Å²) in [6.07, 6.45) is 9.72. The van der Waals surface area contributed by atoms with Crippen LogP contribution >= 0.6 is 0 Å². The minimum Gasteiger partial charge on any atom is -0.394 e. The molecule has 0 bridgehead atoms. The highest BCUT2D eigenvalue weighted by molar-refractivity contribution is 5.33. The predicted octanol–water partition coefficient (Wildman–Crippen LogP) is 8.77. The second kappa shape index (κ2) is 21.7. The highest BCUT2D eigenvalue weighted by Crippen LogP contribution is 2.77. The van der Waals surface area contributed by atoms with Gasteiger partial charge in [0.2, 0.25) is 0 Å². The zero-order valence-corrected chi connectivity index (χ0v) is 51.9. The highest BCUT2D eigenvalue weighted by atomic mass is 16.7. The fraction of sp³-hybridized carbons (Fsp3) is 0.939. The lowest BCUT2D eigenvalue weighted by molar-refractivity contribution is -0.320. The summed E-state index contributed by atoms with van der Waals surface area (Å²) in [6.45, 7) is 34.0. The van der Waals surface area contributed by atoms with Crippen LogP contribution in [0.5, 0.6) is 0 Å². The number of fused-ring (bicyclic) bond motifs is 10. The van der Waals surface area contributed by atoms with Crippen molar-refractivity contribution in [3.05, 3.63) is 23.3 Å². The number of aliphatic hydroxyl groups excluding tert-OH is 9. The third-order valence-electron chi connectivity index (χ3n) is 26.8. The van der Waals surface area contributed by atoms with Crippen molar-refractivity contribution in [2.75, 3.05) is 6.61 Å². The van der Waals surface area contributed by atoms with Crippen molar-refractivity contribution in [1.29, 1.82) is 0 Å². The monoisotopic (exact) mass is 1110 g/mol. The van der Waals surface area contributed by atoms with Gasteiger partial charge in [0, 0.05) is 21.7 Å². The predicted molar refractivity (Wildman–Crippen MR) is 307 cm³/mol. The van der Waals surface area contributed by atoms with Crippen molar-refractivity contribution in [2.45, 2.75) is 292 Å². The molecular weight excluding hydrogens is 1000 g/mol. The van der Waals surface area contributed by atoms with E-state index in [-0.39, 0.29) is 62.1 Å². The zero-order valence-electron chi connectivity index (χ0n) is 51.9. The summed E-state index contributed by atoms with van der Waals surface area (Å²) in [5, 5.41) is 117. The molecule has 1 heterocycles. The molecule has 11 N–H and O–H groups in total. The van der Waals surface area contributed by atoms with E-state index in [9.17, 15) is 56.2 Å². The summed E-state index contributed by atoms with van der Waals surface area (Å²) in [5.41, 5.74) is -0.385. The summed E-state index contributed by atoms with van der Waals surface area (Å²) in [6, 6.07) is 0. The van der Waals surface area contributed by atoms with Crippen LogP contribution in [0.3, 0.4) is 0 Å². The Balaban J connectivity index is 0.000000216. The first-order valence-electron chi connectivity index (χ1n) is 31.5. The molecule has 13 nitrogen and oxygen atoms in total. The van der Waals surface area contributed by atoms with Crippen molar-refractivity contribution in [2.24, 2.45) is 90.7 Å². The van der Waals surface area contributed by atoms with E-state index in [0.717, 1.165) is 70.6 Å². The van der Waals surface area contributed by atoms with Crippen LogP contribution < -0.4 is 0 Å². The van der Waals surface area contributed by atoms with Gasteiger partial charge in [-0.25, -0.2) is 0 Å². The van der Waals surface area contributed by atoms with Gasteiger partial charge in [-0.2, -0.15) is 0 Å². The average molecular weight is 1120 g/mol. The Hall–Kier alpha value is -1.04. The SMILES string of the molecule is C[C@H](CC[C@@H](O)C(C)(C)O)C1CC[C@@]2(C)C3CC=C4C(CC[C@H](O)C4(C)C)[C@]3(C)[C@H](O)C[C@]12C.C[C@H](CC[C@@H](O)C(C)(C)O)C1CC[C@@]2(C)C3CC=C4C(CC[C@H](O[C@@H]5O[C@H](CO)[C@@H](O)[C@H](O)[C@@H]5O)C4(C)C)[C@]3(C)[C@H](O)C[C@]12C. The van der Waals surface area contributed by atoms with Gasteiger partial charge in [-0.1, -0.05) is 106 Å². The largest absolute Gasteiger partial charge is 0.394 e. The molecule has 0 radical (unpaired) electrons. The Morgan fingerprint density at radius 2 is 0.962 bits per heavy atom. The van der Waals surface area contributed by atoms with Gasteiger partial charge in [0.15, 0.2) is 6.29 Å². The minimum absolute atomic E-state index is 0.0417. The van der Waals surface area contributed by atoms with Gasteiger partial charge in [0.1, 0.15) is 24.4 Å². The third kappa shape index (κ3) is 10.1. The summed E-state index contributed by atoms with van der Waals surface area (Å²) in [4.78, 5) is 0. The fourth-order valence-corrected chi connectivity index (χ4v) is 20.8. The van der Waals surface area contributed by atoms with E-state index in [2.05, 4.69) is 95.2 Å². The molecule has 6 unspecified atom stereocenters. The first-order valence-corrected chi connectivity index (χ1v) is 31.5. The third-order valence-corrected chi connectivity index (χ3v) is 26.8. The summed E-state index contributed by atoms with van der Waals surface area (Å²) >= 11 is 0. The fourth-order valence-electron chi connectivity index (χ4n) is 20.8. The topological polar surface area (TPSA) is 241 Å². The van der Waals surface area contributed by atoms with Gasteiger partial charge >= 0.3 is 0 Å². The van der Waals surface area contributed by atoms with Gasteiger partial charge < -0.3 is 65.6 Å². The number of aliphatic hydroxyl groups is 11. The van der Waals surface area contributed by atoms with Gasteiger partial charge in [0.25, 0.3) is 0 Å². The molecule has 1 saturated heterocycles. The normalized spacial score (nSPS) is 48.7. The van der Waals surface area contributed by atoms with Gasteiger partial charge in [-0.15, -0.1) is 0 Å². The molecule has 456 valence electrons. The van der Waals surface area contributed by atoms with E-state index in [1.807, 2.05) is 0 Å². The van der Waals surface area contributed by atoms with E-state index < -0.39 is 72.2 Å². The standard InChI is InChI=1S/C36H62O9.C30H52O4/c1-19(9-13-25(38)33(4,5)43)20-15-16-34(6)24-12-10-21-22(36(24,8)26(39)17-35(20,34)7)11-14-27(32(21,2)3)45-31-30(42)29(41)28(40)23(18-37)44-31;1-18(9-13-24(32)27(4,5)34)19-15-16-28(6)22-12-10-20-21(11-14-23(31)26(20,2)3)30(22,8)25(33)17-29(19,28)7/h10,19-20,22-31,37-43H,9,11-18H2,1-8H3;10,18-19,21-25,31-34H,9,11-17H2,1-8H3/t19-,20?,22?,23-,24?,25-,26-,27+,28-,29+,30+,31+,34+,35-,36+;18-,19?,21?,22?,23+,24-,25-,28+,29-,30+/m11/s1. The Bertz CT molecular complexity index is 2210. The van der Waals surface area contributed by atoms with Crippen molar-refractivity contribution < 1.29 is 65.6 Å². The van der Waals surface area contributed by atoms with Crippen molar-refractivity contribution in [3.63, 3.8) is 0 Å². The molecule has 79 heavy (non-hydrogen) atoms. The number of hydrogen-bond acceptors (Lipinski definition) is 13. The van der Waals surface area contributed by atoms with Crippen molar-refractivity contribution in [1.82, 2.24) is 0 Å². The second-order valence-electron chi connectivity index (χ2n) is 32.0. The quantitative estimate of drug-likeness (QED) is 0.0775. The zero-order chi connectivity index (χ0) is 59.0. The molecule has 9 rings (SSSR count). The lowest BCUT2D eigenvalue weighted by Gasteiger charge is -2.67. The van der Waals surface area contributed by atoms with Crippen LogP contribution in [0.2, 0.25) is 0 Å². The van der Waals surface area contributed by atoms with E-state index >= 15 is 0 Å². The maximum absolute atomic E-state index is 12.2. The van der Waals surface area contributed by atoms with Crippen LogP contribution in [-0.2, 0) is 9.47 Å². The second-order valence-corrected chi connectivity index (χ2v) is 32.0. The van der Waals surface area contributed by atoms with Crippen LogP contribution in [0, 0.1) is 90.7 Å². The summed E-state index contributed by atoms with van der Waals surface area (Å²) < 4.78 is 12.1. The molecule has 1 aliphatic heterocycles. The Labute approximate surface area is 476 Å². The van der Waals surface area contributed by atoms with Crippen molar-refractivity contribution in [3.8, 4) is 0 Å². The molecule has 0 aromatic carbocycles. The molecule has 25 atom stereocenters. The van der Waals surface area contributed by atoms with Crippen LogP contribution in [0.15, 0.2) is 23.3 Å². The molecule has 9 aliphatic rings.